The summed E-state index contributed by atoms with van der Waals surface area (Å²) in [5, 5.41) is 9.34. The number of carbonyl (C=O) groups excluding carboxylic acids is 3. The van der Waals surface area contributed by atoms with E-state index in [1.165, 1.54) is 12.8 Å². The molecule has 0 bridgehead atoms. The third kappa shape index (κ3) is 10.4. The van der Waals surface area contributed by atoms with Crippen molar-refractivity contribution >= 4 is 29.0 Å². The third-order valence-corrected chi connectivity index (χ3v) is 5.49. The highest BCUT2D eigenvalue weighted by Crippen LogP contribution is 2.27. The van der Waals surface area contributed by atoms with Crippen LogP contribution in [0.5, 0.6) is 0 Å². The Bertz CT molecular complexity index is 1210. The van der Waals surface area contributed by atoms with E-state index in [9.17, 15) is 14.4 Å². The van der Waals surface area contributed by atoms with Crippen molar-refractivity contribution in [2.24, 2.45) is 5.92 Å². The highest BCUT2D eigenvalue weighted by molar-refractivity contribution is 5.98. The van der Waals surface area contributed by atoms with Gasteiger partial charge in [0.2, 0.25) is 0 Å². The van der Waals surface area contributed by atoms with Gasteiger partial charge < -0.3 is 30.4 Å². The van der Waals surface area contributed by atoms with Crippen LogP contribution in [-0.4, -0.2) is 53.4 Å². The smallest absolute Gasteiger partial charge is 0.407 e. The third-order valence-electron chi connectivity index (χ3n) is 5.49. The molecule has 1 saturated carbocycles. The zero-order chi connectivity index (χ0) is 27.9. The zero-order valence-electron chi connectivity index (χ0n) is 23.2. The Morgan fingerprint density at radius 3 is 2.34 bits per heavy atom. The number of aromatic nitrogens is 1. The van der Waals surface area contributed by atoms with E-state index in [4.69, 9.17) is 9.47 Å². The van der Waals surface area contributed by atoms with E-state index in [-0.39, 0.29) is 12.5 Å². The van der Waals surface area contributed by atoms with Gasteiger partial charge in [0.1, 0.15) is 16.9 Å². The van der Waals surface area contributed by atoms with Gasteiger partial charge in [-0.3, -0.25) is 4.79 Å². The highest BCUT2D eigenvalue weighted by Gasteiger charge is 2.21. The Morgan fingerprint density at radius 1 is 1.00 bits per heavy atom. The first-order valence-corrected chi connectivity index (χ1v) is 13.2. The van der Waals surface area contributed by atoms with Crippen molar-refractivity contribution < 1.29 is 23.9 Å². The number of H-pyrrole nitrogens is 1. The minimum absolute atomic E-state index is 0.192. The van der Waals surface area contributed by atoms with Crippen LogP contribution in [0.25, 0.3) is 10.9 Å². The van der Waals surface area contributed by atoms with Gasteiger partial charge in [-0.25, -0.2) is 9.59 Å². The van der Waals surface area contributed by atoms with Crippen LogP contribution in [0.2, 0.25) is 0 Å². The minimum atomic E-state index is -0.650. The normalized spacial score (nSPS) is 14.2. The monoisotopic (exact) mass is 524 g/mol. The largest absolute Gasteiger partial charge is 0.444 e. The number of nitrogens with one attached hydrogen (secondary N) is 4. The molecular formula is C29H40N4O5. The molecule has 1 fully saturated rings. The molecule has 3 rings (SSSR count). The Morgan fingerprint density at radius 2 is 1.68 bits per heavy atom. The van der Waals surface area contributed by atoms with Crippen LogP contribution in [0.1, 0.15) is 83.3 Å². The molecule has 0 aliphatic heterocycles. The summed E-state index contributed by atoms with van der Waals surface area (Å²) >= 11 is 0. The van der Waals surface area contributed by atoms with Crippen LogP contribution >= 0.6 is 0 Å². The van der Waals surface area contributed by atoms with Crippen LogP contribution in [-0.2, 0) is 9.47 Å². The molecular weight excluding hydrogens is 484 g/mol. The fraction of sp³-hybridized carbons (Fsp3) is 0.552. The predicted octanol–water partition coefficient (Wildman–Crippen LogP) is 4.86. The number of amides is 3. The molecule has 0 saturated heterocycles. The lowest BCUT2D eigenvalue weighted by atomic mass is 10.1. The van der Waals surface area contributed by atoms with E-state index >= 15 is 0 Å². The summed E-state index contributed by atoms with van der Waals surface area (Å²) in [6, 6.07) is 7.25. The Hall–Kier alpha value is -3.67. The van der Waals surface area contributed by atoms with Gasteiger partial charge >= 0.3 is 12.2 Å². The lowest BCUT2D eigenvalue weighted by Gasteiger charge is -2.24. The molecule has 1 aliphatic carbocycles. The summed E-state index contributed by atoms with van der Waals surface area (Å²) in [5.41, 5.74) is 0.954. The van der Waals surface area contributed by atoms with Gasteiger partial charge in [0.25, 0.3) is 5.91 Å². The molecule has 3 amide bonds. The lowest BCUT2D eigenvalue weighted by molar-refractivity contribution is 0.0487. The number of rotatable bonds is 8. The van der Waals surface area contributed by atoms with Crippen molar-refractivity contribution in [3.63, 3.8) is 0 Å². The first kappa shape index (κ1) is 28.9. The molecule has 38 heavy (non-hydrogen) atoms. The second-order valence-corrected chi connectivity index (χ2v) is 11.7. The van der Waals surface area contributed by atoms with Gasteiger partial charge in [0.05, 0.1) is 0 Å². The molecule has 4 N–H and O–H groups in total. The van der Waals surface area contributed by atoms with E-state index in [2.05, 4.69) is 32.8 Å². The topological polar surface area (TPSA) is 122 Å². The van der Waals surface area contributed by atoms with E-state index in [1.54, 1.807) is 47.6 Å². The number of ether oxygens (including phenoxy) is 2. The number of aromatic amines is 1. The van der Waals surface area contributed by atoms with E-state index in [0.29, 0.717) is 31.0 Å². The van der Waals surface area contributed by atoms with Gasteiger partial charge in [-0.15, -0.1) is 0 Å². The maximum Gasteiger partial charge on any atom is 0.407 e. The molecule has 0 spiro atoms. The summed E-state index contributed by atoms with van der Waals surface area (Å²) in [4.78, 5) is 40.3. The molecule has 1 aliphatic rings. The molecule has 1 atom stereocenters. The Balaban J connectivity index is 1.57. The van der Waals surface area contributed by atoms with E-state index in [1.807, 2.05) is 18.2 Å². The second-order valence-electron chi connectivity index (χ2n) is 11.7. The zero-order valence-corrected chi connectivity index (χ0v) is 23.2. The summed E-state index contributed by atoms with van der Waals surface area (Å²) in [5.74, 6) is 6.68. The fourth-order valence-electron chi connectivity index (χ4n) is 3.60. The van der Waals surface area contributed by atoms with Crippen LogP contribution in [0.15, 0.2) is 24.3 Å². The van der Waals surface area contributed by atoms with Crippen LogP contribution < -0.4 is 16.0 Å². The van der Waals surface area contributed by atoms with Gasteiger partial charge in [-0.2, -0.15) is 0 Å². The number of alkyl carbamates (subject to hydrolysis) is 2. The standard InChI is InChI=1S/C29H40N4O5/c1-28(2,3)37-26(35)30-15-7-8-22(32-27(36)38-29(4,5)6)18-31-25(34)24-17-21-14-13-20(16-23(21)33-24)12-11-19-9-10-19/h13-14,16-17,19,22,33H,7-10,15,18H2,1-6H3,(H,30,35)(H,31,34)(H,32,36)/t22-/m0/s1. The molecule has 1 aromatic carbocycles. The average molecular weight is 525 g/mol. The second kappa shape index (κ2) is 12.2. The number of hydrogen-bond acceptors (Lipinski definition) is 5. The maximum atomic E-state index is 12.9. The quantitative estimate of drug-likeness (QED) is 0.290. The molecule has 0 radical (unpaired) electrons. The van der Waals surface area contributed by atoms with Gasteiger partial charge in [-0.1, -0.05) is 17.9 Å². The predicted molar refractivity (Wildman–Crippen MR) is 147 cm³/mol. The SMILES string of the molecule is CC(C)(C)OC(=O)NCCC[C@@H](CNC(=O)c1cc2ccc(C#CC3CC3)cc2[nH]1)NC(=O)OC(C)(C)C. The number of benzene rings is 1. The number of carbonyl (C=O) groups is 3. The Kier molecular flexibility index (Phi) is 9.31. The molecule has 1 heterocycles. The molecule has 9 heteroatoms. The first-order chi connectivity index (χ1) is 17.8. The first-order valence-electron chi connectivity index (χ1n) is 13.2. The molecule has 2 aromatic rings. The number of hydrogen-bond donors (Lipinski definition) is 4. The summed E-state index contributed by atoms with van der Waals surface area (Å²) < 4.78 is 10.6. The molecule has 1 aromatic heterocycles. The summed E-state index contributed by atoms with van der Waals surface area (Å²) in [7, 11) is 0. The van der Waals surface area contributed by atoms with Gasteiger partial charge in [0.15, 0.2) is 0 Å². The van der Waals surface area contributed by atoms with Crippen molar-refractivity contribution in [1.82, 2.24) is 20.9 Å². The van der Waals surface area contributed by atoms with Crippen molar-refractivity contribution in [3.05, 3.63) is 35.5 Å². The van der Waals surface area contributed by atoms with E-state index < -0.39 is 29.4 Å². The van der Waals surface area contributed by atoms with Crippen LogP contribution in [0.4, 0.5) is 9.59 Å². The highest BCUT2D eigenvalue weighted by atomic mass is 16.6. The molecule has 206 valence electrons. The Labute approximate surface area is 224 Å². The lowest BCUT2D eigenvalue weighted by Crippen LogP contribution is -2.46. The van der Waals surface area contributed by atoms with Crippen molar-refractivity contribution in [2.45, 2.75) is 84.5 Å². The molecule has 9 nitrogen and oxygen atoms in total. The summed E-state index contributed by atoms with van der Waals surface area (Å²) in [6.07, 6.45) is 2.35. The average Bonchev–Trinajstić information content (AvgIpc) is 3.52. The van der Waals surface area contributed by atoms with Crippen molar-refractivity contribution in [1.29, 1.82) is 0 Å². The fourth-order valence-corrected chi connectivity index (χ4v) is 3.60. The maximum absolute atomic E-state index is 12.9. The summed E-state index contributed by atoms with van der Waals surface area (Å²) in [6.45, 7) is 11.3. The van der Waals surface area contributed by atoms with Crippen LogP contribution in [0, 0.1) is 17.8 Å². The van der Waals surface area contributed by atoms with Gasteiger partial charge in [0, 0.05) is 41.5 Å². The van der Waals surface area contributed by atoms with Crippen molar-refractivity contribution in [2.75, 3.05) is 13.1 Å². The van der Waals surface area contributed by atoms with Crippen LogP contribution in [0.3, 0.4) is 0 Å². The van der Waals surface area contributed by atoms with Gasteiger partial charge in [-0.05, 0) is 85.4 Å². The van der Waals surface area contributed by atoms with Crippen molar-refractivity contribution in [3.8, 4) is 11.8 Å². The minimum Gasteiger partial charge on any atom is -0.444 e. The van der Waals surface area contributed by atoms with E-state index in [0.717, 1.165) is 16.5 Å². The number of fused-ring (bicyclic) bond motifs is 1. The molecule has 0 unspecified atom stereocenters.